The van der Waals surface area contributed by atoms with Crippen LogP contribution in [0.15, 0.2) is 12.3 Å². The van der Waals surface area contributed by atoms with Crippen molar-refractivity contribution in [1.29, 1.82) is 0 Å². The smallest absolute Gasteiger partial charge is 0.348 e. The van der Waals surface area contributed by atoms with Gasteiger partial charge < -0.3 is 18.6 Å². The van der Waals surface area contributed by atoms with Crippen LogP contribution >= 0.6 is 0 Å². The van der Waals surface area contributed by atoms with Crippen LogP contribution in [-0.4, -0.2) is 45.7 Å². The van der Waals surface area contributed by atoms with Gasteiger partial charge in [-0.2, -0.15) is 0 Å². The van der Waals surface area contributed by atoms with Gasteiger partial charge in [-0.1, -0.05) is 48.1 Å². The molecule has 4 atom stereocenters. The summed E-state index contributed by atoms with van der Waals surface area (Å²) in [5.74, 6) is -0.776. The maximum absolute atomic E-state index is 13.4. The molecule has 0 aromatic carbocycles. The zero-order valence-electron chi connectivity index (χ0n) is 18.8. The standard InChI is InChI=1S/C21H36O6Si/c1-11-24-15-13(2)21(15,14(3)27-28(9,10)19(4,5)6)18(23)26-16-17(22)25-12-20(16,7)8/h13,15-16H,3,11-12H2,1-2,4-10H3/t13-,15+,16+,21-/m1/s1. The average Bonchev–Trinajstić information content (AvgIpc) is 3.04. The Hall–Kier alpha value is -1.34. The van der Waals surface area contributed by atoms with Gasteiger partial charge in [-0.3, -0.25) is 4.79 Å². The molecule has 6 nitrogen and oxygen atoms in total. The molecule has 2 fully saturated rings. The highest BCUT2D eigenvalue weighted by Crippen LogP contribution is 2.61. The first-order chi connectivity index (χ1) is 12.6. The zero-order valence-corrected chi connectivity index (χ0v) is 19.8. The van der Waals surface area contributed by atoms with Crippen molar-refractivity contribution in [3.8, 4) is 0 Å². The normalized spacial score (nSPS) is 31.9. The van der Waals surface area contributed by atoms with E-state index in [9.17, 15) is 9.59 Å². The number of esters is 2. The first-order valence-corrected chi connectivity index (χ1v) is 12.9. The van der Waals surface area contributed by atoms with E-state index in [0.717, 1.165) is 0 Å². The lowest BCUT2D eigenvalue weighted by Gasteiger charge is -2.39. The zero-order chi connectivity index (χ0) is 21.7. The predicted octanol–water partition coefficient (Wildman–Crippen LogP) is 4.06. The molecule has 1 aliphatic carbocycles. The molecule has 0 aromatic heterocycles. The van der Waals surface area contributed by atoms with E-state index in [2.05, 4.69) is 40.4 Å². The fourth-order valence-corrected chi connectivity index (χ4v) is 4.58. The Balaban J connectivity index is 2.31. The number of ether oxygens (including phenoxy) is 3. The lowest BCUT2D eigenvalue weighted by Crippen LogP contribution is -2.44. The predicted molar refractivity (Wildman–Crippen MR) is 109 cm³/mol. The SMILES string of the molecule is C=C(O[Si](C)(C)C(C)(C)C)[C@]1(C(=O)O[C@H]2C(=O)OCC2(C)C)[C@H](C)[C@@H]1OCC. The third-order valence-corrected chi connectivity index (χ3v) is 10.9. The molecule has 2 rings (SSSR count). The van der Waals surface area contributed by atoms with Gasteiger partial charge in [0, 0.05) is 17.9 Å². The lowest BCUT2D eigenvalue weighted by molar-refractivity contribution is -0.168. The molecule has 0 N–H and O–H groups in total. The molecule has 0 radical (unpaired) electrons. The first kappa shape index (κ1) is 22.9. The molecule has 28 heavy (non-hydrogen) atoms. The average molecular weight is 413 g/mol. The minimum atomic E-state index is -2.21. The monoisotopic (exact) mass is 412 g/mol. The topological polar surface area (TPSA) is 71.1 Å². The summed E-state index contributed by atoms with van der Waals surface area (Å²) in [6.45, 7) is 22.9. The van der Waals surface area contributed by atoms with Crippen LogP contribution in [0.1, 0.15) is 48.5 Å². The second-order valence-electron chi connectivity index (χ2n) is 10.2. The fraction of sp³-hybridized carbons (Fsp3) is 0.810. The Kier molecular flexibility index (Phi) is 5.87. The van der Waals surface area contributed by atoms with E-state index < -0.39 is 37.2 Å². The Bertz CT molecular complexity index is 662. The van der Waals surface area contributed by atoms with Crippen LogP contribution in [0, 0.1) is 16.7 Å². The number of rotatable bonds is 7. The highest BCUT2D eigenvalue weighted by molar-refractivity contribution is 6.74. The van der Waals surface area contributed by atoms with Crippen LogP contribution < -0.4 is 0 Å². The van der Waals surface area contributed by atoms with Crippen molar-refractivity contribution >= 4 is 20.3 Å². The van der Waals surface area contributed by atoms with Crippen molar-refractivity contribution in [2.45, 2.75) is 78.8 Å². The van der Waals surface area contributed by atoms with E-state index in [4.69, 9.17) is 18.6 Å². The summed E-state index contributed by atoms with van der Waals surface area (Å²) >= 11 is 0. The number of carbonyl (C=O) groups is 2. The summed E-state index contributed by atoms with van der Waals surface area (Å²) in [4.78, 5) is 25.5. The molecule has 0 spiro atoms. The first-order valence-electron chi connectivity index (χ1n) is 10.0. The molecular formula is C21H36O6Si. The van der Waals surface area contributed by atoms with Crippen molar-refractivity contribution in [3.05, 3.63) is 12.3 Å². The molecule has 1 saturated heterocycles. The molecule has 0 bridgehead atoms. The molecule has 0 unspecified atom stereocenters. The third kappa shape index (κ3) is 3.63. The van der Waals surface area contributed by atoms with Crippen molar-refractivity contribution in [2.75, 3.05) is 13.2 Å². The van der Waals surface area contributed by atoms with E-state index >= 15 is 0 Å². The van der Waals surface area contributed by atoms with Crippen molar-refractivity contribution in [2.24, 2.45) is 16.7 Å². The second kappa shape index (κ2) is 7.17. The number of hydrogen-bond acceptors (Lipinski definition) is 6. The maximum Gasteiger partial charge on any atom is 0.348 e. The van der Waals surface area contributed by atoms with Crippen LogP contribution in [0.3, 0.4) is 0 Å². The second-order valence-corrected chi connectivity index (χ2v) is 14.9. The van der Waals surface area contributed by atoms with E-state index in [1.54, 1.807) is 0 Å². The summed E-state index contributed by atoms with van der Waals surface area (Å²) in [6.07, 6.45) is -1.31. The van der Waals surface area contributed by atoms with Gasteiger partial charge in [0.15, 0.2) is 5.41 Å². The number of carbonyl (C=O) groups excluding carboxylic acids is 2. The Morgan fingerprint density at radius 2 is 1.89 bits per heavy atom. The van der Waals surface area contributed by atoms with Crippen LogP contribution in [0.4, 0.5) is 0 Å². The van der Waals surface area contributed by atoms with Gasteiger partial charge in [0.1, 0.15) is 6.61 Å². The van der Waals surface area contributed by atoms with Gasteiger partial charge in [-0.15, -0.1) is 0 Å². The summed E-state index contributed by atoms with van der Waals surface area (Å²) in [5.41, 5.74) is -1.67. The van der Waals surface area contributed by atoms with E-state index in [1.165, 1.54) is 0 Å². The summed E-state index contributed by atoms with van der Waals surface area (Å²) < 4.78 is 23.0. The molecule has 7 heteroatoms. The summed E-state index contributed by atoms with van der Waals surface area (Å²) in [7, 11) is -2.21. The summed E-state index contributed by atoms with van der Waals surface area (Å²) in [5, 5.41) is -0.0441. The number of cyclic esters (lactones) is 1. The summed E-state index contributed by atoms with van der Waals surface area (Å²) in [6, 6.07) is 0. The molecule has 1 saturated carbocycles. The molecule has 1 aliphatic heterocycles. The Morgan fingerprint density at radius 3 is 2.32 bits per heavy atom. The largest absolute Gasteiger partial charge is 0.546 e. The maximum atomic E-state index is 13.4. The van der Waals surface area contributed by atoms with Crippen LogP contribution in [0.5, 0.6) is 0 Å². The fourth-order valence-electron chi connectivity index (χ4n) is 3.49. The Labute approximate surface area is 170 Å². The van der Waals surface area contributed by atoms with E-state index in [-0.39, 0.29) is 23.7 Å². The molecule has 0 amide bonds. The van der Waals surface area contributed by atoms with Gasteiger partial charge in [-0.25, -0.2) is 4.79 Å². The van der Waals surface area contributed by atoms with Crippen LogP contribution in [0.2, 0.25) is 18.1 Å². The highest BCUT2D eigenvalue weighted by Gasteiger charge is 2.73. The molecular weight excluding hydrogens is 376 g/mol. The number of hydrogen-bond donors (Lipinski definition) is 0. The van der Waals surface area contributed by atoms with Gasteiger partial charge in [0.25, 0.3) is 0 Å². The van der Waals surface area contributed by atoms with Gasteiger partial charge >= 0.3 is 11.9 Å². The van der Waals surface area contributed by atoms with E-state index in [0.29, 0.717) is 12.4 Å². The quantitative estimate of drug-likeness (QED) is 0.357. The highest BCUT2D eigenvalue weighted by atomic mass is 28.4. The van der Waals surface area contributed by atoms with Crippen molar-refractivity contribution in [1.82, 2.24) is 0 Å². The van der Waals surface area contributed by atoms with Crippen molar-refractivity contribution < 1.29 is 28.2 Å². The van der Waals surface area contributed by atoms with Crippen molar-refractivity contribution in [3.63, 3.8) is 0 Å². The molecule has 0 aromatic rings. The third-order valence-electron chi connectivity index (χ3n) is 6.58. The Morgan fingerprint density at radius 1 is 1.32 bits per heavy atom. The van der Waals surface area contributed by atoms with Crippen LogP contribution in [0.25, 0.3) is 0 Å². The molecule has 2 aliphatic rings. The molecule has 160 valence electrons. The van der Waals surface area contributed by atoms with E-state index in [1.807, 2.05) is 27.7 Å². The van der Waals surface area contributed by atoms with Gasteiger partial charge in [0.2, 0.25) is 14.4 Å². The van der Waals surface area contributed by atoms with Crippen LogP contribution in [-0.2, 0) is 28.2 Å². The lowest BCUT2D eigenvalue weighted by atomic mass is 9.89. The van der Waals surface area contributed by atoms with Gasteiger partial charge in [0.05, 0.1) is 11.9 Å². The van der Waals surface area contributed by atoms with Gasteiger partial charge in [-0.05, 0) is 25.1 Å². The minimum Gasteiger partial charge on any atom is -0.546 e. The molecule has 1 heterocycles. The minimum absolute atomic E-state index is 0.0441.